The maximum Gasteiger partial charge on any atom is 0.402 e. The highest BCUT2D eigenvalue weighted by Crippen LogP contribution is 2.45. The lowest BCUT2D eigenvalue weighted by Crippen LogP contribution is -2.37. The zero-order chi connectivity index (χ0) is 59.7. The third kappa shape index (κ3) is 18.8. The third-order valence-corrected chi connectivity index (χ3v) is 15.4. The second-order valence-corrected chi connectivity index (χ2v) is 25.4. The predicted octanol–water partition coefficient (Wildman–Crippen LogP) is 7.77. The van der Waals surface area contributed by atoms with Crippen LogP contribution >= 0.6 is 22.5 Å². The van der Waals surface area contributed by atoms with E-state index in [-0.39, 0.29) is 37.1 Å². The molecule has 9 aromatic rings. The summed E-state index contributed by atoms with van der Waals surface area (Å²) in [5.74, 6) is 1.67. The van der Waals surface area contributed by atoms with Gasteiger partial charge in [0, 0.05) is 6.66 Å². The number of imidazole rings is 3. The first-order valence-corrected chi connectivity index (χ1v) is 31.7. The van der Waals surface area contributed by atoms with Crippen molar-refractivity contribution < 1.29 is 55.9 Å². The van der Waals surface area contributed by atoms with E-state index in [0.717, 1.165) is 0 Å². The summed E-state index contributed by atoms with van der Waals surface area (Å²) in [4.78, 5) is 59.0. The molecule has 0 aliphatic rings. The lowest BCUT2D eigenvalue weighted by atomic mass is 10.3. The summed E-state index contributed by atoms with van der Waals surface area (Å²) >= 11 is 0. The maximum absolute atomic E-state index is 13.6. The molecular formula is C52H67N16O12P3. The molecule has 6 heterocycles. The van der Waals surface area contributed by atoms with Crippen molar-refractivity contribution in [3.63, 3.8) is 0 Å². The number of nitrogens with zero attached hydrogens (tertiary/aromatic N) is 12. The molecule has 0 amide bonds. The average Bonchev–Trinajstić information content (AvgIpc) is 4.15. The van der Waals surface area contributed by atoms with Crippen LogP contribution in [-0.2, 0) is 57.1 Å². The van der Waals surface area contributed by atoms with Crippen molar-refractivity contribution in [3.05, 3.63) is 129 Å². The number of anilines is 3. The van der Waals surface area contributed by atoms with Crippen LogP contribution in [0.5, 0.6) is 17.2 Å². The smallest absolute Gasteiger partial charge is 0.402 e. The number of hydrogen-bond acceptors (Lipinski definition) is 23. The summed E-state index contributed by atoms with van der Waals surface area (Å²) in [6.45, 7) is 13.4. The number of nitrogen functional groups attached to an aromatic ring is 3. The van der Waals surface area contributed by atoms with Crippen LogP contribution < -0.4 is 35.9 Å². The zero-order valence-corrected chi connectivity index (χ0v) is 49.3. The molecule has 3 aromatic carbocycles. The quantitative estimate of drug-likeness (QED) is 0.0269. The Balaban J connectivity index is 0.000000181. The minimum Gasteiger partial charge on any atom is -0.462 e. The van der Waals surface area contributed by atoms with E-state index in [1.54, 1.807) is 129 Å². The monoisotopic (exact) mass is 1200 g/mol. The van der Waals surface area contributed by atoms with Crippen LogP contribution in [0.25, 0.3) is 33.5 Å². The normalized spacial score (nSPS) is 15.0. The predicted molar refractivity (Wildman–Crippen MR) is 311 cm³/mol. The van der Waals surface area contributed by atoms with Crippen molar-refractivity contribution in [3.8, 4) is 17.2 Å². The van der Waals surface area contributed by atoms with Crippen molar-refractivity contribution >= 4 is 79.4 Å². The topological polar surface area (TPSA) is 374 Å². The lowest BCUT2D eigenvalue weighted by Gasteiger charge is -2.25. The first-order valence-electron chi connectivity index (χ1n) is 25.8. The molecule has 0 saturated heterocycles. The van der Waals surface area contributed by atoms with Crippen LogP contribution in [0, 0.1) is 0 Å². The van der Waals surface area contributed by atoms with Crippen molar-refractivity contribution in [2.24, 2.45) is 0 Å². The zero-order valence-electron chi connectivity index (χ0n) is 46.6. The highest BCUT2D eigenvalue weighted by atomic mass is 31.2. The van der Waals surface area contributed by atoms with Gasteiger partial charge in [0.2, 0.25) is 0 Å². The maximum atomic E-state index is 13.6. The SMILES string of the molecule is CC(C)OC(=O)[C@H](C)N[P@](=O)(CO[C@H](C)Cn1cnc2c(N)ncnc21)Oc1ccccc1.C[C@H](Cn1cnc2c(N)ncnc21)OCP(=O)(O)Oc1ccccc1.C[C@H](Cn1cnc2c(N)ncnc21)OCP(C)(=O)Oc1ccccc1. The second kappa shape index (κ2) is 28.9. The Morgan fingerprint density at radius 1 is 0.518 bits per heavy atom. The summed E-state index contributed by atoms with van der Waals surface area (Å²) in [5, 5.41) is 2.78. The van der Waals surface area contributed by atoms with Gasteiger partial charge in [0.25, 0.3) is 7.37 Å². The average molecular weight is 1200 g/mol. The Morgan fingerprint density at radius 2 is 0.880 bits per heavy atom. The number of rotatable bonds is 25. The fourth-order valence-corrected chi connectivity index (χ4v) is 11.5. The third-order valence-electron chi connectivity index (χ3n) is 11.4. The summed E-state index contributed by atoms with van der Waals surface area (Å²) in [6, 6.07) is 25.3. The summed E-state index contributed by atoms with van der Waals surface area (Å²) in [6.07, 6.45) is 7.01. The Bertz CT molecular complexity index is 3530. The number of carbonyl (C=O) groups excluding carboxylic acids is 1. The van der Waals surface area contributed by atoms with Gasteiger partial charge in [0.15, 0.2) is 40.7 Å². The van der Waals surface area contributed by atoms with Gasteiger partial charge in [-0.3, -0.25) is 13.9 Å². The van der Waals surface area contributed by atoms with Crippen LogP contribution in [-0.4, -0.2) is 126 Å². The molecule has 0 radical (unpaired) electrons. The van der Waals surface area contributed by atoms with Crippen LogP contribution in [0.1, 0.15) is 41.5 Å². The molecule has 0 fully saturated rings. The highest BCUT2D eigenvalue weighted by Gasteiger charge is 2.32. The van der Waals surface area contributed by atoms with Crippen LogP contribution in [0.4, 0.5) is 17.5 Å². The number of nitrogens with one attached hydrogen (secondary N) is 1. The minimum atomic E-state index is -3.91. The van der Waals surface area contributed by atoms with Gasteiger partial charge in [-0.2, -0.15) is 0 Å². The van der Waals surface area contributed by atoms with E-state index in [1.165, 1.54) is 19.0 Å². The van der Waals surface area contributed by atoms with Gasteiger partial charge in [-0.05, 0) is 77.9 Å². The molecule has 0 saturated carbocycles. The number of esters is 1. The van der Waals surface area contributed by atoms with Crippen LogP contribution in [0.15, 0.2) is 129 Å². The number of hydrogen-bond donors (Lipinski definition) is 5. The van der Waals surface area contributed by atoms with Crippen molar-refractivity contribution in [2.45, 2.75) is 91.6 Å². The Morgan fingerprint density at radius 3 is 1.28 bits per heavy atom. The number of benzene rings is 3. The Hall–Kier alpha value is -7.93. The van der Waals surface area contributed by atoms with E-state index >= 15 is 0 Å². The molecule has 6 aromatic heterocycles. The lowest BCUT2D eigenvalue weighted by molar-refractivity contribution is -0.149. The molecular weight excluding hydrogens is 1130 g/mol. The first kappa shape index (κ1) is 62.7. The molecule has 0 spiro atoms. The molecule has 2 unspecified atom stereocenters. The fourth-order valence-electron chi connectivity index (χ4n) is 7.62. The van der Waals surface area contributed by atoms with Crippen molar-refractivity contribution in [2.75, 3.05) is 42.9 Å². The largest absolute Gasteiger partial charge is 0.462 e. The van der Waals surface area contributed by atoms with Crippen molar-refractivity contribution in [1.82, 2.24) is 63.6 Å². The number of ether oxygens (including phenoxy) is 4. The van der Waals surface area contributed by atoms with E-state index in [1.807, 2.05) is 42.7 Å². The highest BCUT2D eigenvalue weighted by molar-refractivity contribution is 7.58. The fraction of sp³-hybridized carbons (Fsp3) is 0.346. The van der Waals surface area contributed by atoms with Gasteiger partial charge in [-0.1, -0.05) is 54.6 Å². The Labute approximate surface area is 478 Å². The number of para-hydroxylation sites is 3. The van der Waals surface area contributed by atoms with Gasteiger partial charge in [-0.25, -0.2) is 54.5 Å². The standard InChI is InChI=1S/C21H29N6O5P.C16H20N5O3P.C15H18N5O4P/c1-14(2)31-21(28)16(4)26-33(29,32-17-8-6-5-7-9-17)13-30-15(3)10-27-12-25-18-19(22)23-11-24-20(18)27;1-12(8-21-10-20-14-15(17)18-9-19-16(14)21)23-11-25(2,22)24-13-6-4-3-5-7-13;1-11(7-20-9-19-13-14(16)17-8-18-15(13)20)23-10-25(21,22)24-12-5-3-2-4-6-12/h5-9,11-12,14-16H,10,13H2,1-4H3,(H,26,29)(H2,22,23,24);3-7,9-10,12H,8,11H2,1-2H3,(H2,17,18,19);2-6,8-9,11H,7,10H2,1H3,(H,21,22)(H2,16,17,18)/t15-,16+,33+;12-,25?;11-/m111/s1. The molecule has 7 atom stereocenters. The van der Waals surface area contributed by atoms with E-state index in [9.17, 15) is 23.4 Å². The molecule has 0 bridgehead atoms. The molecule has 442 valence electrons. The van der Waals surface area contributed by atoms with E-state index < -0.39 is 40.8 Å². The Kier molecular flexibility index (Phi) is 21.8. The van der Waals surface area contributed by atoms with E-state index in [4.69, 9.17) is 49.7 Å². The molecule has 0 aliphatic heterocycles. The molecule has 83 heavy (non-hydrogen) atoms. The molecule has 9 rings (SSSR count). The molecule has 28 nitrogen and oxygen atoms in total. The number of nitrogens with two attached hydrogens (primary N) is 3. The summed E-state index contributed by atoms with van der Waals surface area (Å²) < 4.78 is 82.3. The van der Waals surface area contributed by atoms with E-state index in [2.05, 4.69) is 49.9 Å². The second-order valence-electron chi connectivity index (χ2n) is 19.2. The summed E-state index contributed by atoms with van der Waals surface area (Å²) in [5.41, 5.74) is 20.7. The van der Waals surface area contributed by atoms with Crippen molar-refractivity contribution in [1.29, 1.82) is 0 Å². The van der Waals surface area contributed by atoms with Gasteiger partial charge >= 0.3 is 21.1 Å². The van der Waals surface area contributed by atoms with Crippen LogP contribution in [0.2, 0.25) is 0 Å². The van der Waals surface area contributed by atoms with Gasteiger partial charge in [0.1, 0.15) is 71.5 Å². The molecule has 31 heteroatoms. The first-order chi connectivity index (χ1) is 39.6. The number of carbonyl (C=O) groups is 1. The van der Waals surface area contributed by atoms with Gasteiger partial charge < -0.3 is 68.3 Å². The van der Waals surface area contributed by atoms with E-state index in [0.29, 0.717) is 87.8 Å². The van der Waals surface area contributed by atoms with Crippen LogP contribution in [0.3, 0.4) is 0 Å². The number of aromatic nitrogens is 12. The summed E-state index contributed by atoms with van der Waals surface area (Å²) in [7, 11) is -10.5. The van der Waals surface area contributed by atoms with Gasteiger partial charge in [0.05, 0.1) is 63.0 Å². The minimum absolute atomic E-state index is 0.0206. The molecule has 0 aliphatic carbocycles. The molecule has 8 N–H and O–H groups in total. The van der Waals surface area contributed by atoms with Gasteiger partial charge in [-0.15, -0.1) is 0 Å². The number of fused-ring (bicyclic) bond motifs is 3.